The zero-order chi connectivity index (χ0) is 13.9. The minimum Gasteiger partial charge on any atom is -0.393 e. The largest absolute Gasteiger partial charge is 0.393 e. The predicted octanol–water partition coefficient (Wildman–Crippen LogP) is 2.06. The van der Waals surface area contributed by atoms with Crippen LogP contribution in [0, 0.1) is 26.1 Å². The Labute approximate surface area is 103 Å². The summed E-state index contributed by atoms with van der Waals surface area (Å²) in [5.74, 6) is -0.0419. The summed E-state index contributed by atoms with van der Waals surface area (Å²) in [6.07, 6.45) is -0.614. The van der Waals surface area contributed by atoms with Gasteiger partial charge < -0.3 is 5.11 Å². The molecule has 1 unspecified atom stereocenters. The van der Waals surface area contributed by atoms with Gasteiger partial charge in [0.1, 0.15) is 0 Å². The molecule has 0 amide bonds. The van der Waals surface area contributed by atoms with E-state index in [4.69, 9.17) is 0 Å². The Hall–Kier alpha value is -2.02. The number of hydrogen-bond acceptors (Lipinski definition) is 5. The molecule has 0 fully saturated rings. The Morgan fingerprint density at radius 1 is 1.22 bits per heavy atom. The summed E-state index contributed by atoms with van der Waals surface area (Å²) in [6.45, 7) is 3.59. The van der Waals surface area contributed by atoms with Gasteiger partial charge in [-0.15, -0.1) is 0 Å². The van der Waals surface area contributed by atoms with Crippen molar-refractivity contribution in [3.05, 3.63) is 44.0 Å². The minimum atomic E-state index is -0.717. The van der Waals surface area contributed by atoms with Crippen molar-refractivity contribution in [2.75, 3.05) is 0 Å². The molecule has 1 N–H and O–H groups in total. The molecule has 7 nitrogen and oxygen atoms in total. The molecule has 1 aromatic carbocycles. The van der Waals surface area contributed by atoms with Crippen LogP contribution in [-0.2, 0) is 6.42 Å². The fraction of sp³-hybridized carbons (Fsp3) is 0.455. The maximum Gasteiger partial charge on any atom is 0.279 e. The average Bonchev–Trinajstić information content (AvgIpc) is 2.28. The number of benzene rings is 1. The van der Waals surface area contributed by atoms with Gasteiger partial charge >= 0.3 is 0 Å². The third-order valence-electron chi connectivity index (χ3n) is 2.67. The highest BCUT2D eigenvalue weighted by atomic mass is 16.6. The van der Waals surface area contributed by atoms with Crippen molar-refractivity contribution in [1.82, 2.24) is 0 Å². The number of nitro benzene ring substituents is 2. The number of aliphatic hydroxyl groups is 1. The first-order chi connectivity index (χ1) is 8.32. The molecule has 18 heavy (non-hydrogen) atoms. The van der Waals surface area contributed by atoms with Gasteiger partial charge in [-0.05, 0) is 12.0 Å². The Kier molecular flexibility index (Phi) is 4.33. The number of nitrogens with zero attached hydrogens (tertiary/aromatic N) is 2. The summed E-state index contributed by atoms with van der Waals surface area (Å²) in [4.78, 5) is 20.0. The van der Waals surface area contributed by atoms with E-state index in [2.05, 4.69) is 0 Å². The molecule has 0 aromatic heterocycles. The SMILES string of the molecule is CC(C)C(O)Cc1ccc([N+](=O)[O-])cc1[N+](=O)[O-]. The van der Waals surface area contributed by atoms with Crippen LogP contribution >= 0.6 is 0 Å². The van der Waals surface area contributed by atoms with Gasteiger partial charge in [0.2, 0.25) is 0 Å². The smallest absolute Gasteiger partial charge is 0.279 e. The highest BCUT2D eigenvalue weighted by Gasteiger charge is 2.22. The maximum atomic E-state index is 10.8. The van der Waals surface area contributed by atoms with Gasteiger partial charge in [0, 0.05) is 18.1 Å². The van der Waals surface area contributed by atoms with E-state index in [0.717, 1.165) is 6.07 Å². The molecule has 0 spiro atoms. The summed E-state index contributed by atoms with van der Waals surface area (Å²) < 4.78 is 0. The van der Waals surface area contributed by atoms with E-state index in [1.807, 2.05) is 0 Å². The first-order valence-electron chi connectivity index (χ1n) is 5.42. The van der Waals surface area contributed by atoms with Crippen molar-refractivity contribution < 1.29 is 15.0 Å². The van der Waals surface area contributed by atoms with Gasteiger partial charge in [-0.1, -0.05) is 13.8 Å². The van der Waals surface area contributed by atoms with Crippen molar-refractivity contribution in [1.29, 1.82) is 0 Å². The highest BCUT2D eigenvalue weighted by Crippen LogP contribution is 2.26. The number of non-ortho nitro benzene ring substituents is 1. The molecule has 1 aromatic rings. The molecule has 0 saturated heterocycles. The summed E-state index contributed by atoms with van der Waals surface area (Å²) >= 11 is 0. The lowest BCUT2D eigenvalue weighted by molar-refractivity contribution is -0.394. The van der Waals surface area contributed by atoms with Crippen molar-refractivity contribution in [3.8, 4) is 0 Å². The van der Waals surface area contributed by atoms with Crippen LogP contribution in [0.5, 0.6) is 0 Å². The normalized spacial score (nSPS) is 12.4. The fourth-order valence-corrected chi connectivity index (χ4v) is 1.47. The van der Waals surface area contributed by atoms with Crippen LogP contribution in [0.1, 0.15) is 19.4 Å². The topological polar surface area (TPSA) is 107 Å². The van der Waals surface area contributed by atoms with E-state index in [0.29, 0.717) is 5.56 Å². The number of aliphatic hydroxyl groups excluding tert-OH is 1. The van der Waals surface area contributed by atoms with Crippen LogP contribution in [0.15, 0.2) is 18.2 Å². The van der Waals surface area contributed by atoms with E-state index in [1.54, 1.807) is 13.8 Å². The molecule has 0 aliphatic rings. The summed E-state index contributed by atoms with van der Waals surface area (Å²) in [6, 6.07) is 3.44. The van der Waals surface area contributed by atoms with E-state index >= 15 is 0 Å². The third kappa shape index (κ3) is 3.24. The summed E-state index contributed by atoms with van der Waals surface area (Å²) in [5.41, 5.74) is -0.361. The molecule has 1 atom stereocenters. The average molecular weight is 254 g/mol. The van der Waals surface area contributed by atoms with E-state index in [-0.39, 0.29) is 23.7 Å². The molecule has 98 valence electrons. The van der Waals surface area contributed by atoms with Crippen LogP contribution in [0.25, 0.3) is 0 Å². The molecule has 0 aliphatic heterocycles. The predicted molar refractivity (Wildman–Crippen MR) is 64.3 cm³/mol. The maximum absolute atomic E-state index is 10.8. The van der Waals surface area contributed by atoms with Gasteiger partial charge in [0.25, 0.3) is 11.4 Å². The van der Waals surface area contributed by atoms with Crippen molar-refractivity contribution in [2.45, 2.75) is 26.4 Å². The van der Waals surface area contributed by atoms with Crippen molar-refractivity contribution in [2.24, 2.45) is 5.92 Å². The molecule has 1 rings (SSSR count). The Bertz CT molecular complexity index is 473. The molecule has 7 heteroatoms. The first kappa shape index (κ1) is 14.0. The van der Waals surface area contributed by atoms with Gasteiger partial charge in [0.15, 0.2) is 0 Å². The second-order valence-electron chi connectivity index (χ2n) is 4.34. The summed E-state index contributed by atoms with van der Waals surface area (Å²) in [5, 5.41) is 31.1. The van der Waals surface area contributed by atoms with E-state index < -0.39 is 16.0 Å². The van der Waals surface area contributed by atoms with E-state index in [1.165, 1.54) is 12.1 Å². The summed E-state index contributed by atoms with van der Waals surface area (Å²) in [7, 11) is 0. The zero-order valence-corrected chi connectivity index (χ0v) is 10.1. The fourth-order valence-electron chi connectivity index (χ4n) is 1.47. The second-order valence-corrected chi connectivity index (χ2v) is 4.34. The molecule has 0 heterocycles. The van der Waals surface area contributed by atoms with E-state index in [9.17, 15) is 25.3 Å². The number of nitro groups is 2. The van der Waals surface area contributed by atoms with Crippen LogP contribution in [-0.4, -0.2) is 21.1 Å². The quantitative estimate of drug-likeness (QED) is 0.639. The lowest BCUT2D eigenvalue weighted by atomic mass is 9.98. The zero-order valence-electron chi connectivity index (χ0n) is 10.1. The van der Waals surface area contributed by atoms with Crippen molar-refractivity contribution >= 4 is 11.4 Å². The first-order valence-corrected chi connectivity index (χ1v) is 5.42. The second kappa shape index (κ2) is 5.54. The Morgan fingerprint density at radius 3 is 2.28 bits per heavy atom. The van der Waals surface area contributed by atoms with Crippen LogP contribution in [0.3, 0.4) is 0 Å². The van der Waals surface area contributed by atoms with Crippen LogP contribution in [0.4, 0.5) is 11.4 Å². The Morgan fingerprint density at radius 2 is 1.83 bits per heavy atom. The van der Waals surface area contributed by atoms with Gasteiger partial charge in [0.05, 0.1) is 22.0 Å². The standard InChI is InChI=1S/C11H14N2O5/c1-7(2)11(14)5-8-3-4-9(12(15)16)6-10(8)13(17)18/h3-4,6-7,11,14H,5H2,1-2H3. The van der Waals surface area contributed by atoms with Gasteiger partial charge in [-0.3, -0.25) is 20.2 Å². The third-order valence-corrected chi connectivity index (χ3v) is 2.67. The molecule has 0 aliphatic carbocycles. The van der Waals surface area contributed by atoms with Crippen LogP contribution < -0.4 is 0 Å². The van der Waals surface area contributed by atoms with Gasteiger partial charge in [-0.2, -0.15) is 0 Å². The lowest BCUT2D eigenvalue weighted by Gasteiger charge is -2.14. The molecular formula is C11H14N2O5. The van der Waals surface area contributed by atoms with Crippen molar-refractivity contribution in [3.63, 3.8) is 0 Å². The molecular weight excluding hydrogens is 240 g/mol. The van der Waals surface area contributed by atoms with Gasteiger partial charge in [-0.25, -0.2) is 0 Å². The molecule has 0 bridgehead atoms. The minimum absolute atomic E-state index is 0.0419. The number of hydrogen-bond donors (Lipinski definition) is 1. The highest BCUT2D eigenvalue weighted by molar-refractivity contribution is 5.49. The monoisotopic (exact) mass is 254 g/mol. The molecule has 0 saturated carbocycles. The number of rotatable bonds is 5. The molecule has 0 radical (unpaired) electrons. The lowest BCUT2D eigenvalue weighted by Crippen LogP contribution is -2.18. The Balaban J connectivity index is 3.12. The van der Waals surface area contributed by atoms with Crippen LogP contribution in [0.2, 0.25) is 0 Å².